The molecule has 0 heterocycles. The van der Waals surface area contributed by atoms with Crippen molar-refractivity contribution < 1.29 is 0 Å². The summed E-state index contributed by atoms with van der Waals surface area (Å²) >= 11 is 0. The third-order valence-electron chi connectivity index (χ3n) is 3.64. The molecular formula is C11H22. The van der Waals surface area contributed by atoms with Gasteiger partial charge in [0.2, 0.25) is 0 Å². The molecule has 1 fully saturated rings. The lowest BCUT2D eigenvalue weighted by Gasteiger charge is -2.32. The lowest BCUT2D eigenvalue weighted by Crippen LogP contribution is -2.22. The van der Waals surface area contributed by atoms with E-state index in [1.165, 1.54) is 38.5 Å². The summed E-state index contributed by atoms with van der Waals surface area (Å²) in [7, 11) is 0. The third kappa shape index (κ3) is 2.21. The molecule has 0 aliphatic heterocycles. The largest absolute Gasteiger partial charge is 0.0623 e. The fourth-order valence-electron chi connectivity index (χ4n) is 2.11. The van der Waals surface area contributed by atoms with Crippen LogP contribution in [0.2, 0.25) is 0 Å². The summed E-state index contributed by atoms with van der Waals surface area (Å²) < 4.78 is 0. The first kappa shape index (κ1) is 9.09. The first-order chi connectivity index (χ1) is 5.15. The van der Waals surface area contributed by atoms with Crippen molar-refractivity contribution in [1.29, 1.82) is 0 Å². The molecule has 0 atom stereocenters. The maximum atomic E-state index is 2.48. The molecule has 0 radical (unpaired) electrons. The molecule has 66 valence electrons. The van der Waals surface area contributed by atoms with Gasteiger partial charge < -0.3 is 0 Å². The summed E-state index contributed by atoms with van der Waals surface area (Å²) in [5, 5.41) is 0. The number of hydrogen-bond donors (Lipinski definition) is 0. The van der Waals surface area contributed by atoms with Gasteiger partial charge in [0.15, 0.2) is 0 Å². The molecule has 0 spiro atoms. The van der Waals surface area contributed by atoms with Crippen LogP contribution < -0.4 is 0 Å². The van der Waals surface area contributed by atoms with Crippen molar-refractivity contribution in [1.82, 2.24) is 0 Å². The van der Waals surface area contributed by atoms with Crippen LogP contribution in [0.1, 0.15) is 59.3 Å². The normalized spacial score (nSPS) is 25.1. The maximum absolute atomic E-state index is 2.48. The molecule has 0 nitrogen and oxygen atoms in total. The first-order valence-electron chi connectivity index (χ1n) is 5.15. The van der Waals surface area contributed by atoms with Crippen molar-refractivity contribution in [2.24, 2.45) is 11.3 Å². The molecule has 0 unspecified atom stereocenters. The van der Waals surface area contributed by atoms with Gasteiger partial charge >= 0.3 is 0 Å². The highest BCUT2D eigenvalue weighted by atomic mass is 14.3. The quantitative estimate of drug-likeness (QED) is 0.501. The van der Waals surface area contributed by atoms with Crippen LogP contribution in [0.25, 0.3) is 0 Å². The van der Waals surface area contributed by atoms with E-state index in [1.807, 2.05) is 0 Å². The molecule has 0 saturated heterocycles. The van der Waals surface area contributed by atoms with E-state index in [0.717, 1.165) is 5.92 Å². The number of rotatable bonds is 1. The van der Waals surface area contributed by atoms with E-state index in [9.17, 15) is 0 Å². The van der Waals surface area contributed by atoms with E-state index in [-0.39, 0.29) is 0 Å². The Hall–Kier alpha value is 0. The minimum absolute atomic E-state index is 0.663. The van der Waals surface area contributed by atoms with Gasteiger partial charge in [0.25, 0.3) is 0 Å². The second kappa shape index (κ2) is 3.60. The monoisotopic (exact) mass is 154 g/mol. The van der Waals surface area contributed by atoms with E-state index in [1.54, 1.807) is 0 Å². The summed E-state index contributed by atoms with van der Waals surface area (Å²) in [4.78, 5) is 0. The third-order valence-corrected chi connectivity index (χ3v) is 3.64. The smallest absolute Gasteiger partial charge is 0.0303 e. The Balaban J connectivity index is 2.52. The zero-order chi connectivity index (χ0) is 8.32. The van der Waals surface area contributed by atoms with Gasteiger partial charge in [0.1, 0.15) is 0 Å². The SMILES string of the molecule is CC(C)C1(C)CCCCCC1. The van der Waals surface area contributed by atoms with Crippen molar-refractivity contribution in [3.63, 3.8) is 0 Å². The molecule has 1 saturated carbocycles. The van der Waals surface area contributed by atoms with E-state index in [0.29, 0.717) is 5.41 Å². The molecule has 11 heavy (non-hydrogen) atoms. The fourth-order valence-corrected chi connectivity index (χ4v) is 2.11. The summed E-state index contributed by atoms with van der Waals surface area (Å²) in [6.45, 7) is 7.24. The van der Waals surface area contributed by atoms with E-state index in [4.69, 9.17) is 0 Å². The minimum Gasteiger partial charge on any atom is -0.0623 e. The van der Waals surface area contributed by atoms with Gasteiger partial charge in [-0.05, 0) is 24.2 Å². The summed E-state index contributed by atoms with van der Waals surface area (Å²) in [5.41, 5.74) is 0.663. The average molecular weight is 154 g/mol. The van der Waals surface area contributed by atoms with E-state index in [2.05, 4.69) is 20.8 Å². The molecule has 0 aromatic heterocycles. The Kier molecular flexibility index (Phi) is 2.98. The lowest BCUT2D eigenvalue weighted by atomic mass is 9.73. The predicted octanol–water partition coefficient (Wildman–Crippen LogP) is 4.00. The van der Waals surface area contributed by atoms with Crippen LogP contribution in [-0.4, -0.2) is 0 Å². The Bertz CT molecular complexity index is 105. The minimum atomic E-state index is 0.663. The average Bonchev–Trinajstić information content (AvgIpc) is 2.15. The van der Waals surface area contributed by atoms with Crippen molar-refractivity contribution >= 4 is 0 Å². The van der Waals surface area contributed by atoms with Crippen LogP contribution in [0.5, 0.6) is 0 Å². The zero-order valence-corrected chi connectivity index (χ0v) is 8.32. The molecule has 1 aliphatic carbocycles. The molecule has 0 N–H and O–H groups in total. The van der Waals surface area contributed by atoms with Gasteiger partial charge in [-0.3, -0.25) is 0 Å². The highest BCUT2D eigenvalue weighted by Crippen LogP contribution is 2.40. The summed E-state index contributed by atoms with van der Waals surface area (Å²) in [6.07, 6.45) is 8.81. The van der Waals surface area contributed by atoms with Gasteiger partial charge in [0.05, 0.1) is 0 Å². The Morgan fingerprint density at radius 3 is 1.73 bits per heavy atom. The predicted molar refractivity (Wildman–Crippen MR) is 50.6 cm³/mol. The van der Waals surface area contributed by atoms with Gasteiger partial charge in [-0.15, -0.1) is 0 Å². The van der Waals surface area contributed by atoms with Gasteiger partial charge in [-0.1, -0.05) is 46.5 Å². The van der Waals surface area contributed by atoms with Crippen molar-refractivity contribution in [3.8, 4) is 0 Å². The van der Waals surface area contributed by atoms with Crippen molar-refractivity contribution in [2.75, 3.05) is 0 Å². The summed E-state index contributed by atoms with van der Waals surface area (Å²) in [6, 6.07) is 0. The second-order valence-electron chi connectivity index (χ2n) is 4.72. The highest BCUT2D eigenvalue weighted by molar-refractivity contribution is 4.79. The maximum Gasteiger partial charge on any atom is -0.0303 e. The standard InChI is InChI=1S/C11H22/c1-10(2)11(3)8-6-4-5-7-9-11/h10H,4-9H2,1-3H3. The number of hydrogen-bond acceptors (Lipinski definition) is 0. The Morgan fingerprint density at radius 1 is 0.909 bits per heavy atom. The lowest BCUT2D eigenvalue weighted by molar-refractivity contribution is 0.185. The molecule has 0 aromatic carbocycles. The Morgan fingerprint density at radius 2 is 1.36 bits per heavy atom. The van der Waals surface area contributed by atoms with E-state index >= 15 is 0 Å². The van der Waals surface area contributed by atoms with Crippen molar-refractivity contribution in [2.45, 2.75) is 59.3 Å². The van der Waals surface area contributed by atoms with Crippen LogP contribution in [0.15, 0.2) is 0 Å². The first-order valence-corrected chi connectivity index (χ1v) is 5.15. The topological polar surface area (TPSA) is 0 Å². The zero-order valence-electron chi connectivity index (χ0n) is 8.32. The highest BCUT2D eigenvalue weighted by Gasteiger charge is 2.28. The fraction of sp³-hybridized carbons (Fsp3) is 1.00. The van der Waals surface area contributed by atoms with Crippen LogP contribution in [0.3, 0.4) is 0 Å². The van der Waals surface area contributed by atoms with Gasteiger partial charge in [0, 0.05) is 0 Å². The van der Waals surface area contributed by atoms with Crippen LogP contribution in [-0.2, 0) is 0 Å². The van der Waals surface area contributed by atoms with Crippen LogP contribution in [0, 0.1) is 11.3 Å². The molecule has 0 aromatic rings. The van der Waals surface area contributed by atoms with Gasteiger partial charge in [-0.2, -0.15) is 0 Å². The molecular weight excluding hydrogens is 132 g/mol. The Labute approximate surface area is 71.4 Å². The van der Waals surface area contributed by atoms with Crippen molar-refractivity contribution in [3.05, 3.63) is 0 Å². The van der Waals surface area contributed by atoms with E-state index < -0.39 is 0 Å². The van der Waals surface area contributed by atoms with Crippen LogP contribution in [0.4, 0.5) is 0 Å². The molecule has 1 aliphatic rings. The molecule has 1 rings (SSSR count). The van der Waals surface area contributed by atoms with Gasteiger partial charge in [-0.25, -0.2) is 0 Å². The molecule has 0 heteroatoms. The molecule has 0 bridgehead atoms. The molecule has 0 amide bonds. The second-order valence-corrected chi connectivity index (χ2v) is 4.72. The van der Waals surface area contributed by atoms with Crippen LogP contribution >= 0.6 is 0 Å². The summed E-state index contributed by atoms with van der Waals surface area (Å²) in [5.74, 6) is 0.876.